The molecule has 0 saturated carbocycles. The molecule has 1 aromatic heterocycles. The van der Waals surface area contributed by atoms with Crippen LogP contribution in [0.4, 0.5) is 0 Å². The Morgan fingerprint density at radius 3 is 2.80 bits per heavy atom. The number of nitrogens with two attached hydrogens (primary N) is 1. The number of para-hydroxylation sites is 1. The van der Waals surface area contributed by atoms with Gasteiger partial charge in [0.1, 0.15) is 0 Å². The van der Waals surface area contributed by atoms with Crippen molar-refractivity contribution in [3.63, 3.8) is 0 Å². The highest BCUT2D eigenvalue weighted by Gasteiger charge is 2.18. The first-order valence-electron chi connectivity index (χ1n) is 6.56. The van der Waals surface area contributed by atoms with Gasteiger partial charge in [-0.3, -0.25) is 4.98 Å². The Bertz CT molecular complexity index is 680. The van der Waals surface area contributed by atoms with Crippen LogP contribution in [0.5, 0.6) is 0 Å². The molecule has 3 N–H and O–H groups in total. The van der Waals surface area contributed by atoms with Gasteiger partial charge in [0.15, 0.2) is 0 Å². The maximum Gasteiger partial charge on any atom is 0.215 e. The van der Waals surface area contributed by atoms with Crippen molar-refractivity contribution < 1.29 is 8.42 Å². The number of hydrogen-bond acceptors (Lipinski definition) is 4. The van der Waals surface area contributed by atoms with Crippen LogP contribution in [0.15, 0.2) is 36.5 Å². The first kappa shape index (κ1) is 14.9. The smallest absolute Gasteiger partial charge is 0.215 e. The number of nitrogens with one attached hydrogen (secondary N) is 1. The van der Waals surface area contributed by atoms with E-state index in [1.807, 2.05) is 30.3 Å². The summed E-state index contributed by atoms with van der Waals surface area (Å²) in [6.45, 7) is 2.06. The first-order valence-corrected chi connectivity index (χ1v) is 8.10. The average molecular weight is 293 g/mol. The SMILES string of the molecule is CC(CN)S(=O)(=O)NCCc1cccc2cccnc12. The molecule has 0 amide bonds. The molecule has 0 saturated heterocycles. The lowest BCUT2D eigenvalue weighted by Crippen LogP contribution is -2.37. The number of benzene rings is 1. The van der Waals surface area contributed by atoms with Crippen molar-refractivity contribution in [1.29, 1.82) is 0 Å². The summed E-state index contributed by atoms with van der Waals surface area (Å²) in [4.78, 5) is 4.35. The number of nitrogens with zero attached hydrogens (tertiary/aromatic N) is 1. The summed E-state index contributed by atoms with van der Waals surface area (Å²) in [6.07, 6.45) is 2.34. The standard InChI is InChI=1S/C14H19N3O2S/c1-11(10-15)20(18,19)17-9-7-13-5-2-4-12-6-3-8-16-14(12)13/h2-6,8,11,17H,7,9-10,15H2,1H3. The maximum absolute atomic E-state index is 11.8. The van der Waals surface area contributed by atoms with Crippen molar-refractivity contribution in [3.05, 3.63) is 42.1 Å². The summed E-state index contributed by atoms with van der Waals surface area (Å²) in [5.74, 6) is 0. The fraction of sp³-hybridized carbons (Fsp3) is 0.357. The minimum absolute atomic E-state index is 0.116. The molecule has 0 fully saturated rings. The summed E-state index contributed by atoms with van der Waals surface area (Å²) in [7, 11) is -3.33. The Morgan fingerprint density at radius 1 is 1.30 bits per heavy atom. The number of fused-ring (bicyclic) bond motifs is 1. The van der Waals surface area contributed by atoms with Gasteiger partial charge in [0.05, 0.1) is 10.8 Å². The van der Waals surface area contributed by atoms with Crippen LogP contribution in [0.3, 0.4) is 0 Å². The van der Waals surface area contributed by atoms with Gasteiger partial charge in [-0.1, -0.05) is 24.3 Å². The molecule has 6 heteroatoms. The molecule has 5 nitrogen and oxygen atoms in total. The van der Waals surface area contributed by atoms with Gasteiger partial charge in [-0.05, 0) is 25.0 Å². The van der Waals surface area contributed by atoms with Crippen LogP contribution in [0, 0.1) is 0 Å². The molecular formula is C14H19N3O2S. The highest BCUT2D eigenvalue weighted by molar-refractivity contribution is 7.90. The zero-order chi connectivity index (χ0) is 14.6. The van der Waals surface area contributed by atoms with Gasteiger partial charge in [-0.2, -0.15) is 0 Å². The summed E-state index contributed by atoms with van der Waals surface area (Å²) in [5.41, 5.74) is 7.34. The minimum Gasteiger partial charge on any atom is -0.329 e. The molecular weight excluding hydrogens is 274 g/mol. The number of sulfonamides is 1. The van der Waals surface area contributed by atoms with Gasteiger partial charge >= 0.3 is 0 Å². The van der Waals surface area contributed by atoms with Gasteiger partial charge < -0.3 is 5.73 Å². The molecule has 0 aliphatic heterocycles. The van der Waals surface area contributed by atoms with Crippen LogP contribution in [0.25, 0.3) is 10.9 Å². The third kappa shape index (κ3) is 3.33. The Balaban J connectivity index is 2.07. The quantitative estimate of drug-likeness (QED) is 0.833. The van der Waals surface area contributed by atoms with E-state index in [1.165, 1.54) is 0 Å². The second-order valence-corrected chi connectivity index (χ2v) is 6.91. The summed E-state index contributed by atoms with van der Waals surface area (Å²) < 4.78 is 26.2. The van der Waals surface area contributed by atoms with Crippen LogP contribution in [-0.2, 0) is 16.4 Å². The molecule has 1 unspecified atom stereocenters. The van der Waals surface area contributed by atoms with Crippen molar-refractivity contribution in [2.75, 3.05) is 13.1 Å². The fourth-order valence-electron chi connectivity index (χ4n) is 1.97. The van der Waals surface area contributed by atoms with E-state index in [1.54, 1.807) is 13.1 Å². The summed E-state index contributed by atoms with van der Waals surface area (Å²) in [6, 6.07) is 9.79. The Hall–Kier alpha value is -1.50. The molecule has 0 bridgehead atoms. The second-order valence-electron chi connectivity index (χ2n) is 4.73. The highest BCUT2D eigenvalue weighted by Crippen LogP contribution is 2.16. The summed E-state index contributed by atoms with van der Waals surface area (Å²) >= 11 is 0. The van der Waals surface area contributed by atoms with E-state index in [2.05, 4.69) is 9.71 Å². The van der Waals surface area contributed by atoms with E-state index in [9.17, 15) is 8.42 Å². The van der Waals surface area contributed by atoms with Crippen LogP contribution in [-0.4, -0.2) is 31.7 Å². The van der Waals surface area contributed by atoms with E-state index < -0.39 is 15.3 Å². The van der Waals surface area contributed by atoms with Gasteiger partial charge in [0.25, 0.3) is 0 Å². The average Bonchev–Trinajstić information content (AvgIpc) is 2.46. The fourth-order valence-corrected chi connectivity index (χ4v) is 2.89. The number of aromatic nitrogens is 1. The van der Waals surface area contributed by atoms with Crippen molar-refractivity contribution in [2.24, 2.45) is 5.73 Å². The predicted octanol–water partition coefficient (Wildman–Crippen LogP) is 1.04. The second kappa shape index (κ2) is 6.30. The lowest BCUT2D eigenvalue weighted by molar-refractivity contribution is 0.569. The predicted molar refractivity (Wildman–Crippen MR) is 80.9 cm³/mol. The van der Waals surface area contributed by atoms with Crippen molar-refractivity contribution in [3.8, 4) is 0 Å². The molecule has 0 radical (unpaired) electrons. The lowest BCUT2D eigenvalue weighted by atomic mass is 10.1. The van der Waals surface area contributed by atoms with E-state index in [4.69, 9.17) is 5.73 Å². The van der Waals surface area contributed by atoms with Crippen LogP contribution < -0.4 is 10.5 Å². The lowest BCUT2D eigenvalue weighted by Gasteiger charge is -2.12. The van der Waals surface area contributed by atoms with Gasteiger partial charge in [-0.25, -0.2) is 13.1 Å². The molecule has 1 atom stereocenters. The zero-order valence-corrected chi connectivity index (χ0v) is 12.2. The molecule has 20 heavy (non-hydrogen) atoms. The van der Waals surface area contributed by atoms with E-state index in [0.29, 0.717) is 13.0 Å². The molecule has 1 heterocycles. The summed E-state index contributed by atoms with van der Waals surface area (Å²) in [5, 5.41) is 0.483. The first-order chi connectivity index (χ1) is 9.54. The zero-order valence-electron chi connectivity index (χ0n) is 11.4. The molecule has 0 aliphatic rings. The highest BCUT2D eigenvalue weighted by atomic mass is 32.2. The van der Waals surface area contributed by atoms with E-state index in [0.717, 1.165) is 16.5 Å². The van der Waals surface area contributed by atoms with Crippen molar-refractivity contribution in [2.45, 2.75) is 18.6 Å². The van der Waals surface area contributed by atoms with E-state index in [-0.39, 0.29) is 6.54 Å². The van der Waals surface area contributed by atoms with Crippen molar-refractivity contribution >= 4 is 20.9 Å². The van der Waals surface area contributed by atoms with Gasteiger partial charge in [0.2, 0.25) is 10.0 Å². The van der Waals surface area contributed by atoms with Crippen LogP contribution in [0.2, 0.25) is 0 Å². The molecule has 2 aromatic rings. The normalized spacial score (nSPS) is 13.5. The number of pyridine rings is 1. The number of rotatable bonds is 6. The number of hydrogen-bond donors (Lipinski definition) is 2. The van der Waals surface area contributed by atoms with Gasteiger partial charge in [-0.15, -0.1) is 0 Å². The monoisotopic (exact) mass is 293 g/mol. The molecule has 0 aliphatic carbocycles. The Labute approximate surface area is 119 Å². The van der Waals surface area contributed by atoms with E-state index >= 15 is 0 Å². The van der Waals surface area contributed by atoms with Crippen LogP contribution in [0.1, 0.15) is 12.5 Å². The van der Waals surface area contributed by atoms with Crippen LogP contribution >= 0.6 is 0 Å². The third-order valence-electron chi connectivity index (χ3n) is 3.28. The largest absolute Gasteiger partial charge is 0.329 e. The Kier molecular flexibility index (Phi) is 4.69. The molecule has 108 valence electrons. The molecule has 1 aromatic carbocycles. The molecule has 0 spiro atoms. The Morgan fingerprint density at radius 2 is 2.05 bits per heavy atom. The van der Waals surface area contributed by atoms with Gasteiger partial charge in [0, 0.05) is 24.7 Å². The minimum atomic E-state index is -3.33. The third-order valence-corrected chi connectivity index (χ3v) is 5.13. The maximum atomic E-state index is 11.8. The molecule has 2 rings (SSSR count). The van der Waals surface area contributed by atoms with Crippen molar-refractivity contribution in [1.82, 2.24) is 9.71 Å². The topological polar surface area (TPSA) is 85.1 Å².